The number of nitrogens with one attached hydrogen (secondary N) is 1. The average Bonchev–Trinajstić information content (AvgIpc) is 3.09. The van der Waals surface area contributed by atoms with E-state index in [2.05, 4.69) is 15.5 Å². The Kier molecular flexibility index (Phi) is 4.51. The molecule has 0 aliphatic rings. The monoisotopic (exact) mass is 327 g/mol. The largest absolute Gasteiger partial charge is 0.497 e. The van der Waals surface area contributed by atoms with E-state index < -0.39 is 0 Å². The Bertz CT molecular complexity index is 829. The summed E-state index contributed by atoms with van der Waals surface area (Å²) in [6.07, 6.45) is 0. The van der Waals surface area contributed by atoms with Gasteiger partial charge in [-0.05, 0) is 48.5 Å². The quantitative estimate of drug-likeness (QED) is 0.780. The number of amides is 1. The van der Waals surface area contributed by atoms with E-state index in [1.54, 1.807) is 43.5 Å². The van der Waals surface area contributed by atoms with E-state index in [0.717, 1.165) is 0 Å². The van der Waals surface area contributed by atoms with Crippen molar-refractivity contribution < 1.29 is 18.4 Å². The molecular formula is C17H14FN3O3. The number of nitrogens with zero attached hydrogens (tertiary/aromatic N) is 2. The van der Waals surface area contributed by atoms with Crippen LogP contribution in [0.3, 0.4) is 0 Å². The van der Waals surface area contributed by atoms with Crippen LogP contribution in [-0.2, 0) is 6.54 Å². The zero-order valence-electron chi connectivity index (χ0n) is 12.8. The molecule has 0 bridgehead atoms. The Hall–Kier alpha value is -3.22. The molecule has 1 heterocycles. The third kappa shape index (κ3) is 3.57. The SMILES string of the molecule is COc1ccc(C(=O)NCc2noc(-c3ccc(F)cc3)n2)cc1. The standard InChI is InChI=1S/C17H14FN3O3/c1-23-14-8-4-11(5-9-14)16(22)19-10-15-20-17(24-21-15)12-2-6-13(18)7-3-12/h2-9H,10H2,1H3,(H,19,22). The highest BCUT2D eigenvalue weighted by Crippen LogP contribution is 2.17. The zero-order valence-corrected chi connectivity index (χ0v) is 12.8. The van der Waals surface area contributed by atoms with Crippen molar-refractivity contribution in [2.45, 2.75) is 6.54 Å². The molecule has 0 saturated heterocycles. The third-order valence-corrected chi connectivity index (χ3v) is 3.32. The second-order valence-electron chi connectivity index (χ2n) is 4.93. The lowest BCUT2D eigenvalue weighted by molar-refractivity contribution is 0.0949. The van der Waals surface area contributed by atoms with Crippen molar-refractivity contribution in [2.75, 3.05) is 7.11 Å². The van der Waals surface area contributed by atoms with Gasteiger partial charge in [0, 0.05) is 11.1 Å². The minimum absolute atomic E-state index is 0.121. The van der Waals surface area contributed by atoms with Crippen LogP contribution in [0.4, 0.5) is 4.39 Å². The first-order valence-electron chi connectivity index (χ1n) is 7.16. The zero-order chi connectivity index (χ0) is 16.9. The number of aromatic nitrogens is 2. The summed E-state index contributed by atoms with van der Waals surface area (Å²) in [5.74, 6) is 0.671. The van der Waals surface area contributed by atoms with Crippen LogP contribution in [-0.4, -0.2) is 23.2 Å². The Morgan fingerprint density at radius 2 is 1.88 bits per heavy atom. The highest BCUT2D eigenvalue weighted by atomic mass is 19.1. The molecule has 6 nitrogen and oxygen atoms in total. The second kappa shape index (κ2) is 6.91. The normalized spacial score (nSPS) is 10.4. The summed E-state index contributed by atoms with van der Waals surface area (Å²) >= 11 is 0. The second-order valence-corrected chi connectivity index (χ2v) is 4.93. The Morgan fingerprint density at radius 1 is 1.17 bits per heavy atom. The molecule has 122 valence electrons. The van der Waals surface area contributed by atoms with E-state index in [1.807, 2.05) is 0 Å². The first-order valence-corrected chi connectivity index (χ1v) is 7.16. The lowest BCUT2D eigenvalue weighted by Gasteiger charge is -2.03. The van der Waals surface area contributed by atoms with Gasteiger partial charge < -0.3 is 14.6 Å². The molecule has 0 atom stereocenters. The Labute approximate surface area is 137 Å². The van der Waals surface area contributed by atoms with Crippen molar-refractivity contribution in [3.05, 3.63) is 65.7 Å². The van der Waals surface area contributed by atoms with Crippen LogP contribution < -0.4 is 10.1 Å². The summed E-state index contributed by atoms with van der Waals surface area (Å²) in [5.41, 5.74) is 1.11. The number of hydrogen-bond donors (Lipinski definition) is 1. The molecule has 0 aliphatic heterocycles. The van der Waals surface area contributed by atoms with Crippen LogP contribution in [0.2, 0.25) is 0 Å². The highest BCUT2D eigenvalue weighted by molar-refractivity contribution is 5.94. The van der Waals surface area contributed by atoms with E-state index in [-0.39, 0.29) is 24.2 Å². The Morgan fingerprint density at radius 3 is 2.54 bits per heavy atom. The van der Waals surface area contributed by atoms with Crippen molar-refractivity contribution in [1.29, 1.82) is 0 Å². The van der Waals surface area contributed by atoms with E-state index in [9.17, 15) is 9.18 Å². The molecule has 1 N–H and O–H groups in total. The fourth-order valence-electron chi connectivity index (χ4n) is 2.04. The maximum atomic E-state index is 12.9. The smallest absolute Gasteiger partial charge is 0.257 e. The third-order valence-electron chi connectivity index (χ3n) is 3.32. The number of carbonyl (C=O) groups excluding carboxylic acids is 1. The van der Waals surface area contributed by atoms with Gasteiger partial charge >= 0.3 is 0 Å². The van der Waals surface area contributed by atoms with Gasteiger partial charge in [-0.2, -0.15) is 4.98 Å². The minimum atomic E-state index is -0.342. The summed E-state index contributed by atoms with van der Waals surface area (Å²) in [6.45, 7) is 0.121. The van der Waals surface area contributed by atoms with Crippen LogP contribution in [0.15, 0.2) is 53.1 Å². The molecule has 3 rings (SSSR count). The average molecular weight is 327 g/mol. The van der Waals surface area contributed by atoms with E-state index in [0.29, 0.717) is 22.7 Å². The van der Waals surface area contributed by atoms with Gasteiger partial charge in [0.1, 0.15) is 11.6 Å². The summed E-state index contributed by atoms with van der Waals surface area (Å²) in [4.78, 5) is 16.2. The minimum Gasteiger partial charge on any atom is -0.497 e. The van der Waals surface area contributed by atoms with E-state index in [1.165, 1.54) is 12.1 Å². The fraction of sp³-hybridized carbons (Fsp3) is 0.118. The summed E-state index contributed by atoms with van der Waals surface area (Å²) < 4.78 is 23.1. The van der Waals surface area contributed by atoms with Crippen LogP contribution in [0.25, 0.3) is 11.5 Å². The molecule has 0 radical (unpaired) electrons. The van der Waals surface area contributed by atoms with Crippen LogP contribution in [0.5, 0.6) is 5.75 Å². The van der Waals surface area contributed by atoms with Crippen molar-refractivity contribution >= 4 is 5.91 Å². The predicted octanol–water partition coefficient (Wildman–Crippen LogP) is 2.81. The first-order chi connectivity index (χ1) is 11.7. The number of halogens is 1. The van der Waals surface area contributed by atoms with Gasteiger partial charge in [-0.15, -0.1) is 0 Å². The maximum Gasteiger partial charge on any atom is 0.257 e. The Balaban J connectivity index is 1.62. The van der Waals surface area contributed by atoms with Crippen molar-refractivity contribution in [3.8, 4) is 17.2 Å². The summed E-state index contributed by atoms with van der Waals surface area (Å²) in [6, 6.07) is 12.4. The topological polar surface area (TPSA) is 77.2 Å². The summed E-state index contributed by atoms with van der Waals surface area (Å²) in [5, 5.41) is 6.50. The van der Waals surface area contributed by atoms with Crippen LogP contribution in [0.1, 0.15) is 16.2 Å². The van der Waals surface area contributed by atoms with Gasteiger partial charge in [-0.3, -0.25) is 4.79 Å². The number of methoxy groups -OCH3 is 1. The molecule has 24 heavy (non-hydrogen) atoms. The molecule has 3 aromatic rings. The van der Waals surface area contributed by atoms with Crippen LogP contribution >= 0.6 is 0 Å². The highest BCUT2D eigenvalue weighted by Gasteiger charge is 2.11. The van der Waals surface area contributed by atoms with Gasteiger partial charge in [0.2, 0.25) is 0 Å². The molecule has 0 saturated carbocycles. The lowest BCUT2D eigenvalue weighted by Crippen LogP contribution is -2.23. The molecular weight excluding hydrogens is 313 g/mol. The lowest BCUT2D eigenvalue weighted by atomic mass is 10.2. The van der Waals surface area contributed by atoms with Gasteiger partial charge in [0.15, 0.2) is 5.82 Å². The van der Waals surface area contributed by atoms with Crippen molar-refractivity contribution in [1.82, 2.24) is 15.5 Å². The summed E-state index contributed by atoms with van der Waals surface area (Å²) in [7, 11) is 1.56. The molecule has 0 unspecified atom stereocenters. The number of rotatable bonds is 5. The number of carbonyl (C=O) groups is 1. The molecule has 0 fully saturated rings. The molecule has 7 heteroatoms. The predicted molar refractivity (Wildman–Crippen MR) is 83.9 cm³/mol. The van der Waals surface area contributed by atoms with E-state index >= 15 is 0 Å². The van der Waals surface area contributed by atoms with Crippen molar-refractivity contribution in [2.24, 2.45) is 0 Å². The molecule has 1 amide bonds. The molecule has 1 aromatic heterocycles. The van der Waals surface area contributed by atoms with Gasteiger partial charge in [0.25, 0.3) is 11.8 Å². The van der Waals surface area contributed by atoms with Crippen molar-refractivity contribution in [3.63, 3.8) is 0 Å². The van der Waals surface area contributed by atoms with Gasteiger partial charge in [0.05, 0.1) is 13.7 Å². The number of ether oxygens (including phenoxy) is 1. The van der Waals surface area contributed by atoms with Gasteiger partial charge in [-0.1, -0.05) is 5.16 Å². The van der Waals surface area contributed by atoms with Crippen LogP contribution in [0, 0.1) is 5.82 Å². The number of hydrogen-bond acceptors (Lipinski definition) is 5. The van der Waals surface area contributed by atoms with Gasteiger partial charge in [-0.25, -0.2) is 4.39 Å². The maximum absolute atomic E-state index is 12.9. The van der Waals surface area contributed by atoms with E-state index in [4.69, 9.17) is 9.26 Å². The molecule has 0 spiro atoms. The molecule has 0 aliphatic carbocycles. The molecule has 2 aromatic carbocycles. The first kappa shape index (κ1) is 15.7. The fourth-order valence-corrected chi connectivity index (χ4v) is 2.04. The number of benzene rings is 2.